The summed E-state index contributed by atoms with van der Waals surface area (Å²) in [5, 5.41) is 3.32. The SMILES string of the molecule is Cc1ccc(C2=C(Nc3cccc(C)c3C)C(=O)N(CCN3CCOCC3)C2=O)c(C)c1. The third kappa shape index (κ3) is 4.33. The lowest BCUT2D eigenvalue weighted by molar-refractivity contribution is -0.137. The average molecular weight is 434 g/mol. The molecule has 0 atom stereocenters. The number of amides is 2. The molecule has 32 heavy (non-hydrogen) atoms. The zero-order valence-corrected chi connectivity index (χ0v) is 19.3. The lowest BCUT2D eigenvalue weighted by Gasteiger charge is -2.28. The number of ether oxygens (including phenoxy) is 1. The van der Waals surface area contributed by atoms with Crippen LogP contribution in [0.1, 0.15) is 27.8 Å². The fourth-order valence-electron chi connectivity index (χ4n) is 4.33. The Bertz CT molecular complexity index is 1080. The Morgan fingerprint density at radius 1 is 0.906 bits per heavy atom. The van der Waals surface area contributed by atoms with E-state index in [0.29, 0.717) is 37.6 Å². The highest BCUT2D eigenvalue weighted by Crippen LogP contribution is 2.33. The number of aryl methyl sites for hydroxylation is 3. The van der Waals surface area contributed by atoms with E-state index in [0.717, 1.165) is 46.6 Å². The van der Waals surface area contributed by atoms with Crippen LogP contribution in [0.2, 0.25) is 0 Å². The number of carbonyl (C=O) groups is 2. The van der Waals surface area contributed by atoms with Crippen LogP contribution in [-0.4, -0.2) is 61.0 Å². The molecule has 1 saturated heterocycles. The number of rotatable bonds is 6. The molecule has 0 spiro atoms. The maximum absolute atomic E-state index is 13.5. The van der Waals surface area contributed by atoms with Gasteiger partial charge in [0.15, 0.2) is 0 Å². The van der Waals surface area contributed by atoms with Crippen molar-refractivity contribution in [2.24, 2.45) is 0 Å². The van der Waals surface area contributed by atoms with Crippen LogP contribution in [0, 0.1) is 27.7 Å². The fraction of sp³-hybridized carbons (Fsp3) is 0.385. The zero-order valence-electron chi connectivity index (χ0n) is 19.3. The van der Waals surface area contributed by atoms with Crippen molar-refractivity contribution in [2.45, 2.75) is 27.7 Å². The number of nitrogens with one attached hydrogen (secondary N) is 1. The lowest BCUT2D eigenvalue weighted by Crippen LogP contribution is -2.43. The van der Waals surface area contributed by atoms with Crippen LogP contribution in [0.15, 0.2) is 42.1 Å². The molecular formula is C26H31N3O3. The Labute approximate surface area is 189 Å². The van der Waals surface area contributed by atoms with E-state index in [2.05, 4.69) is 10.2 Å². The Morgan fingerprint density at radius 2 is 1.66 bits per heavy atom. The molecule has 0 unspecified atom stereocenters. The molecule has 2 aliphatic heterocycles. The van der Waals surface area contributed by atoms with Gasteiger partial charge in [0.05, 0.1) is 18.8 Å². The van der Waals surface area contributed by atoms with Gasteiger partial charge < -0.3 is 10.1 Å². The summed E-state index contributed by atoms with van der Waals surface area (Å²) in [4.78, 5) is 30.7. The van der Waals surface area contributed by atoms with Crippen molar-refractivity contribution in [2.75, 3.05) is 44.7 Å². The van der Waals surface area contributed by atoms with E-state index in [-0.39, 0.29) is 11.8 Å². The van der Waals surface area contributed by atoms with E-state index in [9.17, 15) is 9.59 Å². The highest BCUT2D eigenvalue weighted by atomic mass is 16.5. The standard InChI is InChI=1S/C26H31N3O3/c1-17-8-9-21(19(3)16-17)23-24(27-22-7-5-6-18(2)20(22)4)26(31)29(25(23)30)11-10-28-12-14-32-15-13-28/h5-9,16,27H,10-15H2,1-4H3. The molecule has 6 heteroatoms. The van der Waals surface area contributed by atoms with Gasteiger partial charge in [0.1, 0.15) is 5.70 Å². The number of nitrogens with zero attached hydrogens (tertiary/aromatic N) is 2. The second-order valence-electron chi connectivity index (χ2n) is 8.66. The quantitative estimate of drug-likeness (QED) is 0.707. The summed E-state index contributed by atoms with van der Waals surface area (Å²) in [6, 6.07) is 11.9. The molecule has 168 valence electrons. The molecule has 2 aliphatic rings. The molecule has 2 aromatic rings. The minimum absolute atomic E-state index is 0.233. The van der Waals surface area contributed by atoms with Gasteiger partial charge in [-0.2, -0.15) is 0 Å². The zero-order chi connectivity index (χ0) is 22.8. The number of carbonyl (C=O) groups excluding carboxylic acids is 2. The van der Waals surface area contributed by atoms with E-state index >= 15 is 0 Å². The Balaban J connectivity index is 1.69. The van der Waals surface area contributed by atoms with Gasteiger partial charge in [0, 0.05) is 31.9 Å². The van der Waals surface area contributed by atoms with Crippen LogP contribution in [-0.2, 0) is 14.3 Å². The van der Waals surface area contributed by atoms with Gasteiger partial charge in [-0.3, -0.25) is 19.4 Å². The summed E-state index contributed by atoms with van der Waals surface area (Å²) in [6.45, 7) is 12.1. The highest BCUT2D eigenvalue weighted by Gasteiger charge is 2.39. The first kappa shape index (κ1) is 22.2. The van der Waals surface area contributed by atoms with E-state index in [1.54, 1.807) is 0 Å². The lowest BCUT2D eigenvalue weighted by atomic mass is 9.97. The van der Waals surface area contributed by atoms with Crippen molar-refractivity contribution >= 4 is 23.1 Å². The molecule has 1 fully saturated rings. The molecule has 2 amide bonds. The Morgan fingerprint density at radius 3 is 2.38 bits per heavy atom. The van der Waals surface area contributed by atoms with Crippen LogP contribution in [0.3, 0.4) is 0 Å². The number of hydrogen-bond donors (Lipinski definition) is 1. The van der Waals surface area contributed by atoms with E-state index in [1.807, 2.05) is 64.1 Å². The topological polar surface area (TPSA) is 61.9 Å². The van der Waals surface area contributed by atoms with Crippen molar-refractivity contribution in [3.63, 3.8) is 0 Å². The van der Waals surface area contributed by atoms with Crippen LogP contribution < -0.4 is 5.32 Å². The highest BCUT2D eigenvalue weighted by molar-refractivity contribution is 6.36. The average Bonchev–Trinajstić information content (AvgIpc) is 3.00. The molecule has 0 radical (unpaired) electrons. The number of anilines is 1. The maximum atomic E-state index is 13.5. The fourth-order valence-corrected chi connectivity index (χ4v) is 4.33. The normalized spacial score (nSPS) is 17.4. The Kier molecular flexibility index (Phi) is 6.44. The third-order valence-corrected chi connectivity index (χ3v) is 6.43. The largest absolute Gasteiger partial charge is 0.379 e. The van der Waals surface area contributed by atoms with Gasteiger partial charge in [0.2, 0.25) is 0 Å². The van der Waals surface area contributed by atoms with Gasteiger partial charge in [-0.25, -0.2) is 0 Å². The molecule has 0 aliphatic carbocycles. The van der Waals surface area contributed by atoms with E-state index in [4.69, 9.17) is 4.74 Å². The number of benzene rings is 2. The monoisotopic (exact) mass is 433 g/mol. The van der Waals surface area contributed by atoms with Gasteiger partial charge in [-0.15, -0.1) is 0 Å². The molecule has 0 aromatic heterocycles. The second-order valence-corrected chi connectivity index (χ2v) is 8.66. The van der Waals surface area contributed by atoms with Gasteiger partial charge in [0.25, 0.3) is 11.8 Å². The summed E-state index contributed by atoms with van der Waals surface area (Å²) >= 11 is 0. The first-order chi connectivity index (χ1) is 15.4. The summed E-state index contributed by atoms with van der Waals surface area (Å²) < 4.78 is 5.41. The Hall–Kier alpha value is -2.96. The predicted molar refractivity (Wildman–Crippen MR) is 126 cm³/mol. The van der Waals surface area contributed by atoms with Gasteiger partial charge in [-0.05, 0) is 56.0 Å². The summed E-state index contributed by atoms with van der Waals surface area (Å²) in [7, 11) is 0. The number of morpholine rings is 1. The van der Waals surface area contributed by atoms with Crippen LogP contribution >= 0.6 is 0 Å². The van der Waals surface area contributed by atoms with E-state index in [1.165, 1.54) is 4.90 Å². The number of imide groups is 1. The second kappa shape index (κ2) is 9.27. The van der Waals surface area contributed by atoms with Gasteiger partial charge in [-0.1, -0.05) is 35.9 Å². The van der Waals surface area contributed by atoms with Crippen LogP contribution in [0.25, 0.3) is 5.57 Å². The van der Waals surface area contributed by atoms with Crippen molar-refractivity contribution in [1.82, 2.24) is 9.80 Å². The van der Waals surface area contributed by atoms with E-state index < -0.39 is 0 Å². The van der Waals surface area contributed by atoms with Crippen LogP contribution in [0.5, 0.6) is 0 Å². The first-order valence-electron chi connectivity index (χ1n) is 11.2. The molecule has 2 aromatic carbocycles. The number of hydrogen-bond acceptors (Lipinski definition) is 5. The maximum Gasteiger partial charge on any atom is 0.278 e. The summed E-state index contributed by atoms with van der Waals surface area (Å²) in [5.41, 5.74) is 6.76. The molecule has 2 heterocycles. The predicted octanol–water partition coefficient (Wildman–Crippen LogP) is 3.44. The molecule has 1 N–H and O–H groups in total. The summed E-state index contributed by atoms with van der Waals surface area (Å²) in [5.74, 6) is -0.498. The van der Waals surface area contributed by atoms with Gasteiger partial charge >= 0.3 is 0 Å². The van der Waals surface area contributed by atoms with Crippen molar-refractivity contribution in [3.8, 4) is 0 Å². The minimum atomic E-state index is -0.265. The minimum Gasteiger partial charge on any atom is -0.379 e. The third-order valence-electron chi connectivity index (χ3n) is 6.43. The van der Waals surface area contributed by atoms with Crippen molar-refractivity contribution in [3.05, 3.63) is 69.9 Å². The molecule has 4 rings (SSSR count). The molecule has 0 bridgehead atoms. The molecule has 0 saturated carbocycles. The first-order valence-corrected chi connectivity index (χ1v) is 11.2. The van der Waals surface area contributed by atoms with Crippen LogP contribution in [0.4, 0.5) is 5.69 Å². The molecular weight excluding hydrogens is 402 g/mol. The molecule has 6 nitrogen and oxygen atoms in total. The summed E-state index contributed by atoms with van der Waals surface area (Å²) in [6.07, 6.45) is 0. The van der Waals surface area contributed by atoms with Crippen molar-refractivity contribution < 1.29 is 14.3 Å². The van der Waals surface area contributed by atoms with Crippen molar-refractivity contribution in [1.29, 1.82) is 0 Å². The smallest absolute Gasteiger partial charge is 0.278 e.